The Hall–Kier alpha value is -2.08. The maximum absolute atomic E-state index is 11.6. The number of ether oxygens (including phenoxy) is 1. The van der Waals surface area contributed by atoms with Gasteiger partial charge in [0.2, 0.25) is 5.95 Å². The topological polar surface area (TPSA) is 172 Å². The minimum Gasteiger partial charge on any atom is -0.394 e. The molecule has 4 atom stereocenters. The molecule has 0 spiro atoms. The van der Waals surface area contributed by atoms with Crippen LogP contribution in [0.5, 0.6) is 0 Å². The molecule has 20 heavy (non-hydrogen) atoms. The molecule has 1 saturated heterocycles. The van der Waals surface area contributed by atoms with Gasteiger partial charge < -0.3 is 25.8 Å². The monoisotopic (exact) mass is 284 g/mol. The molecule has 11 nitrogen and oxygen atoms in total. The third kappa shape index (κ3) is 1.76. The van der Waals surface area contributed by atoms with Gasteiger partial charge in [0.1, 0.15) is 18.3 Å². The molecule has 6 N–H and O–H groups in total. The SMILES string of the molecule is Nc1nc2c(nnn2[C@@H]2O[C@H](CO)[C@@H](O)[C@H]2O)c(=O)[nH]1. The van der Waals surface area contributed by atoms with Crippen LogP contribution in [0.4, 0.5) is 5.95 Å². The van der Waals surface area contributed by atoms with Crippen molar-refractivity contribution in [1.82, 2.24) is 25.0 Å². The van der Waals surface area contributed by atoms with Gasteiger partial charge in [-0.2, -0.15) is 9.67 Å². The molecule has 2 aromatic rings. The van der Waals surface area contributed by atoms with Crippen LogP contribution in [0.2, 0.25) is 0 Å². The number of anilines is 1. The third-order valence-corrected chi connectivity index (χ3v) is 3.11. The van der Waals surface area contributed by atoms with Crippen molar-refractivity contribution in [2.24, 2.45) is 0 Å². The van der Waals surface area contributed by atoms with Gasteiger partial charge in [0.25, 0.3) is 5.56 Å². The van der Waals surface area contributed by atoms with Gasteiger partial charge in [-0.05, 0) is 0 Å². The highest BCUT2D eigenvalue weighted by Gasteiger charge is 2.44. The smallest absolute Gasteiger partial charge is 0.282 e. The summed E-state index contributed by atoms with van der Waals surface area (Å²) in [4.78, 5) is 17.7. The molecular formula is C9H12N6O5. The van der Waals surface area contributed by atoms with Crippen molar-refractivity contribution >= 4 is 17.1 Å². The maximum Gasteiger partial charge on any atom is 0.282 e. The number of hydrogen-bond acceptors (Lipinski definition) is 9. The number of hydrogen-bond donors (Lipinski definition) is 5. The number of rotatable bonds is 2. The Balaban J connectivity index is 2.09. The Kier molecular flexibility index (Phi) is 2.90. The molecule has 0 aromatic carbocycles. The van der Waals surface area contributed by atoms with Crippen molar-refractivity contribution in [3.63, 3.8) is 0 Å². The normalized spacial score (nSPS) is 30.1. The fourth-order valence-corrected chi connectivity index (χ4v) is 2.11. The van der Waals surface area contributed by atoms with Crippen molar-refractivity contribution in [3.8, 4) is 0 Å². The van der Waals surface area contributed by atoms with Crippen LogP contribution in [0.3, 0.4) is 0 Å². The van der Waals surface area contributed by atoms with E-state index in [1.807, 2.05) is 0 Å². The van der Waals surface area contributed by atoms with Gasteiger partial charge in [-0.25, -0.2) is 0 Å². The molecule has 1 fully saturated rings. The molecule has 11 heteroatoms. The lowest BCUT2D eigenvalue weighted by molar-refractivity contribution is -0.0574. The second-order valence-electron chi connectivity index (χ2n) is 4.39. The van der Waals surface area contributed by atoms with Crippen molar-refractivity contribution < 1.29 is 20.1 Å². The van der Waals surface area contributed by atoms with Gasteiger partial charge in [0.15, 0.2) is 17.4 Å². The van der Waals surface area contributed by atoms with E-state index in [-0.39, 0.29) is 17.1 Å². The first-order valence-electron chi connectivity index (χ1n) is 5.76. The summed E-state index contributed by atoms with van der Waals surface area (Å²) >= 11 is 0. The second-order valence-corrected chi connectivity index (χ2v) is 4.39. The number of fused-ring (bicyclic) bond motifs is 1. The Bertz CT molecular complexity index is 698. The number of nitrogens with one attached hydrogen (secondary N) is 1. The fraction of sp³-hybridized carbons (Fsp3) is 0.556. The molecule has 2 aromatic heterocycles. The van der Waals surface area contributed by atoms with Crippen LogP contribution < -0.4 is 11.3 Å². The second kappa shape index (κ2) is 4.49. The maximum atomic E-state index is 11.6. The van der Waals surface area contributed by atoms with Crippen LogP contribution in [0.1, 0.15) is 6.23 Å². The third-order valence-electron chi connectivity index (χ3n) is 3.11. The van der Waals surface area contributed by atoms with E-state index in [1.165, 1.54) is 0 Å². The van der Waals surface area contributed by atoms with Crippen molar-refractivity contribution in [2.45, 2.75) is 24.5 Å². The lowest BCUT2D eigenvalue weighted by atomic mass is 10.1. The van der Waals surface area contributed by atoms with Crippen LogP contribution >= 0.6 is 0 Å². The molecule has 0 amide bonds. The molecule has 0 unspecified atom stereocenters. The largest absolute Gasteiger partial charge is 0.394 e. The molecule has 0 saturated carbocycles. The molecular weight excluding hydrogens is 272 g/mol. The van der Waals surface area contributed by atoms with E-state index in [0.29, 0.717) is 0 Å². The quantitative estimate of drug-likeness (QED) is 0.378. The summed E-state index contributed by atoms with van der Waals surface area (Å²) in [6.45, 7) is -0.475. The van der Waals surface area contributed by atoms with E-state index in [1.54, 1.807) is 0 Å². The van der Waals surface area contributed by atoms with Crippen LogP contribution in [0, 0.1) is 0 Å². The van der Waals surface area contributed by atoms with Gasteiger partial charge in [-0.1, -0.05) is 5.21 Å². The van der Waals surface area contributed by atoms with Crippen molar-refractivity contribution in [1.29, 1.82) is 0 Å². The predicted octanol–water partition coefficient (Wildman–Crippen LogP) is -3.29. The minimum absolute atomic E-state index is 0.0149. The van der Waals surface area contributed by atoms with Crippen molar-refractivity contribution in [3.05, 3.63) is 10.4 Å². The highest BCUT2D eigenvalue weighted by Crippen LogP contribution is 2.29. The lowest BCUT2D eigenvalue weighted by Gasteiger charge is -2.14. The van der Waals surface area contributed by atoms with Crippen LogP contribution in [0.25, 0.3) is 11.2 Å². The van der Waals surface area contributed by atoms with E-state index >= 15 is 0 Å². The number of aliphatic hydroxyl groups is 3. The predicted molar refractivity (Wildman–Crippen MR) is 63.4 cm³/mol. The van der Waals surface area contributed by atoms with Gasteiger partial charge in [-0.15, -0.1) is 5.10 Å². The minimum atomic E-state index is -1.35. The molecule has 1 aliphatic rings. The number of nitrogen functional groups attached to an aromatic ring is 1. The van der Waals surface area contributed by atoms with Gasteiger partial charge >= 0.3 is 0 Å². The Morgan fingerprint density at radius 3 is 2.80 bits per heavy atom. The zero-order valence-corrected chi connectivity index (χ0v) is 10.0. The standard InChI is InChI=1S/C9H12N6O5/c10-9-11-6-3(7(19)12-9)13-14-15(6)8-5(18)4(17)2(1-16)20-8/h2,4-5,8,16-18H,1H2,(H3,10,11,12,19)/t2-,4-,5-,8-/m1/s1. The summed E-state index contributed by atoms with van der Waals surface area (Å²) in [6.07, 6.45) is -4.72. The molecule has 108 valence electrons. The molecule has 0 radical (unpaired) electrons. The average molecular weight is 284 g/mol. The lowest BCUT2D eigenvalue weighted by Crippen LogP contribution is -2.33. The highest BCUT2D eigenvalue weighted by molar-refractivity contribution is 5.69. The van der Waals surface area contributed by atoms with Gasteiger partial charge in [-0.3, -0.25) is 9.78 Å². The highest BCUT2D eigenvalue weighted by atomic mass is 16.6. The summed E-state index contributed by atoms with van der Waals surface area (Å²) in [7, 11) is 0. The summed E-state index contributed by atoms with van der Waals surface area (Å²) in [5, 5.41) is 36.0. The first kappa shape index (κ1) is 12.9. The van der Waals surface area contributed by atoms with E-state index in [2.05, 4.69) is 20.3 Å². The Labute approximate surface area is 110 Å². The zero-order valence-electron chi connectivity index (χ0n) is 10.0. The Morgan fingerprint density at radius 2 is 2.15 bits per heavy atom. The number of nitrogens with two attached hydrogens (primary N) is 1. The van der Waals surface area contributed by atoms with E-state index < -0.39 is 36.7 Å². The van der Waals surface area contributed by atoms with E-state index in [0.717, 1.165) is 4.68 Å². The summed E-state index contributed by atoms with van der Waals surface area (Å²) in [5.74, 6) is -0.141. The number of H-pyrrole nitrogens is 1. The Morgan fingerprint density at radius 1 is 1.40 bits per heavy atom. The molecule has 0 bridgehead atoms. The molecule has 0 aliphatic carbocycles. The summed E-state index contributed by atoms with van der Waals surface area (Å²) < 4.78 is 6.33. The van der Waals surface area contributed by atoms with Crippen molar-refractivity contribution in [2.75, 3.05) is 12.3 Å². The first-order chi connectivity index (χ1) is 9.52. The van der Waals surface area contributed by atoms with E-state index in [4.69, 9.17) is 15.6 Å². The molecule has 3 heterocycles. The summed E-state index contributed by atoms with van der Waals surface area (Å²) in [5.41, 5.74) is 4.80. The molecule has 3 rings (SSSR count). The van der Waals surface area contributed by atoms with Gasteiger partial charge in [0.05, 0.1) is 6.61 Å². The van der Waals surface area contributed by atoms with Gasteiger partial charge in [0, 0.05) is 0 Å². The average Bonchev–Trinajstić information content (AvgIpc) is 2.93. The number of aliphatic hydroxyl groups excluding tert-OH is 3. The van der Waals surface area contributed by atoms with Crippen LogP contribution in [0.15, 0.2) is 4.79 Å². The molecule has 1 aliphatic heterocycles. The summed E-state index contributed by atoms with van der Waals surface area (Å²) in [6, 6.07) is 0. The zero-order chi connectivity index (χ0) is 14.4. The van der Waals surface area contributed by atoms with E-state index in [9.17, 15) is 15.0 Å². The number of nitrogens with zero attached hydrogens (tertiary/aromatic N) is 4. The number of aromatic nitrogens is 5. The van der Waals surface area contributed by atoms with Crippen LogP contribution in [-0.2, 0) is 4.74 Å². The van der Waals surface area contributed by atoms with Crippen LogP contribution in [-0.4, -0.2) is 65.2 Å². The fourth-order valence-electron chi connectivity index (χ4n) is 2.11. The first-order valence-corrected chi connectivity index (χ1v) is 5.76. The number of aromatic amines is 1.